The molecule has 0 bridgehead atoms. The van der Waals surface area contributed by atoms with Gasteiger partial charge in [-0.1, -0.05) is 49.2 Å². The van der Waals surface area contributed by atoms with E-state index in [1.807, 2.05) is 31.2 Å². The maximum absolute atomic E-state index is 11.9. The molecule has 35 heavy (non-hydrogen) atoms. The second kappa shape index (κ2) is 14.4. The van der Waals surface area contributed by atoms with E-state index in [-0.39, 0.29) is 6.61 Å². The van der Waals surface area contributed by atoms with E-state index < -0.39 is 12.1 Å². The summed E-state index contributed by atoms with van der Waals surface area (Å²) in [5.74, 6) is -0.416. The summed E-state index contributed by atoms with van der Waals surface area (Å²) in [5, 5.41) is 14.2. The Morgan fingerprint density at radius 3 is 2.46 bits per heavy atom. The van der Waals surface area contributed by atoms with Crippen LogP contribution in [-0.2, 0) is 21.0 Å². The molecule has 10 heteroatoms. The van der Waals surface area contributed by atoms with Crippen molar-refractivity contribution in [1.82, 2.24) is 9.78 Å². The van der Waals surface area contributed by atoms with Gasteiger partial charge in [0, 0.05) is 28.9 Å². The Morgan fingerprint density at radius 1 is 1.11 bits per heavy atom. The van der Waals surface area contributed by atoms with Crippen LogP contribution in [0.3, 0.4) is 0 Å². The number of carbonyl (C=O) groups is 2. The van der Waals surface area contributed by atoms with Crippen molar-refractivity contribution in [2.45, 2.75) is 26.4 Å². The molecule has 3 aromatic rings. The molecule has 0 fully saturated rings. The van der Waals surface area contributed by atoms with E-state index in [1.54, 1.807) is 47.3 Å². The molecule has 0 aliphatic heterocycles. The molecule has 3 rings (SSSR count). The zero-order chi connectivity index (χ0) is 25.6. The standard InChI is InChI=1S/C19H18ClN3O4.C6H10O2/c1-25-19(24)23(26-2)17-6-4-3-5-14(17)13-27-18-11-12-22(21-18)16-9-7-15(20)8-10-16;1-2-3-4-5-6(7)8/h3-12H,13H2,1-2H3;4-5H,2-3H2,1H3,(H,7,8)/b;5-4+. The SMILES string of the molecule is CCC/C=C/C(=O)O.COC(=O)N(OC)c1ccccc1COc1ccn(-c2ccc(Cl)cc2)n1. The van der Waals surface area contributed by atoms with Gasteiger partial charge in [-0.2, -0.15) is 5.06 Å². The third kappa shape index (κ3) is 8.80. The van der Waals surface area contributed by atoms with Crippen molar-refractivity contribution in [3.05, 3.63) is 83.5 Å². The highest BCUT2D eigenvalue weighted by atomic mass is 35.5. The Hall–Kier alpha value is -3.82. The summed E-state index contributed by atoms with van der Waals surface area (Å²) in [7, 11) is 2.68. The number of anilines is 1. The molecule has 0 atom stereocenters. The number of para-hydroxylation sites is 1. The lowest BCUT2D eigenvalue weighted by molar-refractivity contribution is -0.131. The van der Waals surface area contributed by atoms with Crippen molar-refractivity contribution >= 4 is 29.4 Å². The molecule has 2 aromatic carbocycles. The van der Waals surface area contributed by atoms with Crippen LogP contribution in [0.2, 0.25) is 5.02 Å². The molecule has 1 N–H and O–H groups in total. The van der Waals surface area contributed by atoms with Crippen LogP contribution in [0, 0.1) is 0 Å². The van der Waals surface area contributed by atoms with E-state index in [0.717, 1.165) is 29.2 Å². The smallest absolute Gasteiger partial charge is 0.438 e. The number of nitrogens with zero attached hydrogens (tertiary/aromatic N) is 3. The number of halogens is 1. The Kier molecular flexibility index (Phi) is 11.3. The van der Waals surface area contributed by atoms with E-state index in [0.29, 0.717) is 16.6 Å². The molecule has 0 aliphatic carbocycles. The van der Waals surface area contributed by atoms with Gasteiger partial charge in [0.25, 0.3) is 0 Å². The van der Waals surface area contributed by atoms with Gasteiger partial charge in [-0.05, 0) is 36.8 Å². The summed E-state index contributed by atoms with van der Waals surface area (Å²) in [6.45, 7) is 2.21. The number of carboxylic acids is 1. The summed E-state index contributed by atoms with van der Waals surface area (Å²) in [5.41, 5.74) is 2.14. The minimum Gasteiger partial charge on any atom is -0.478 e. The first-order chi connectivity index (χ1) is 16.9. The summed E-state index contributed by atoms with van der Waals surface area (Å²) in [6, 6.07) is 16.3. The van der Waals surface area contributed by atoms with E-state index in [9.17, 15) is 9.59 Å². The van der Waals surface area contributed by atoms with E-state index in [4.69, 9.17) is 31.0 Å². The second-order valence-electron chi connectivity index (χ2n) is 6.97. The number of hydroxylamine groups is 1. The van der Waals surface area contributed by atoms with E-state index in [2.05, 4.69) is 5.10 Å². The molecule has 1 heterocycles. The Bertz CT molecular complexity index is 1110. The average molecular weight is 502 g/mol. The summed E-state index contributed by atoms with van der Waals surface area (Å²) >= 11 is 5.91. The largest absolute Gasteiger partial charge is 0.478 e. The Balaban J connectivity index is 0.000000466. The van der Waals surface area contributed by atoms with Gasteiger partial charge < -0.3 is 14.6 Å². The highest BCUT2D eigenvalue weighted by Crippen LogP contribution is 2.23. The van der Waals surface area contributed by atoms with Crippen LogP contribution in [0.5, 0.6) is 5.88 Å². The van der Waals surface area contributed by atoms with Crippen LogP contribution < -0.4 is 9.80 Å². The van der Waals surface area contributed by atoms with Crippen LogP contribution in [0.25, 0.3) is 5.69 Å². The Labute approximate surface area is 209 Å². The Morgan fingerprint density at radius 2 is 1.83 bits per heavy atom. The van der Waals surface area contributed by atoms with E-state index in [1.165, 1.54) is 20.3 Å². The fraction of sp³-hybridized carbons (Fsp3) is 0.240. The van der Waals surface area contributed by atoms with Crippen molar-refractivity contribution in [1.29, 1.82) is 0 Å². The molecular weight excluding hydrogens is 474 g/mol. The first-order valence-electron chi connectivity index (χ1n) is 10.7. The maximum atomic E-state index is 11.9. The third-order valence-corrected chi connectivity index (χ3v) is 4.73. The molecule has 0 aliphatic rings. The number of aromatic nitrogens is 2. The van der Waals surface area contributed by atoms with Crippen LogP contribution >= 0.6 is 11.6 Å². The number of unbranched alkanes of at least 4 members (excludes halogenated alkanes) is 1. The van der Waals surface area contributed by atoms with Gasteiger partial charge in [0.15, 0.2) is 0 Å². The lowest BCUT2D eigenvalue weighted by atomic mass is 10.2. The molecule has 0 spiro atoms. The highest BCUT2D eigenvalue weighted by Gasteiger charge is 2.19. The molecule has 0 saturated carbocycles. The van der Waals surface area contributed by atoms with Crippen LogP contribution in [-0.4, -0.2) is 41.2 Å². The van der Waals surface area contributed by atoms with Gasteiger partial charge >= 0.3 is 12.1 Å². The number of aliphatic carboxylic acids is 1. The predicted octanol–water partition coefficient (Wildman–Crippen LogP) is 5.67. The summed E-state index contributed by atoms with van der Waals surface area (Å²) in [6.07, 6.45) is 5.85. The number of allylic oxidation sites excluding steroid dienone is 1. The monoisotopic (exact) mass is 501 g/mol. The number of ether oxygens (including phenoxy) is 2. The average Bonchev–Trinajstić information content (AvgIpc) is 3.33. The first kappa shape index (κ1) is 27.4. The molecule has 0 radical (unpaired) electrons. The fourth-order valence-corrected chi connectivity index (χ4v) is 2.94. The molecule has 186 valence electrons. The van der Waals surface area contributed by atoms with Crippen molar-refractivity contribution in [2.75, 3.05) is 19.3 Å². The lowest BCUT2D eigenvalue weighted by Gasteiger charge is -2.20. The summed E-state index contributed by atoms with van der Waals surface area (Å²) in [4.78, 5) is 26.8. The number of carboxylic acid groups (broad SMARTS) is 1. The zero-order valence-corrected chi connectivity index (χ0v) is 20.5. The molecule has 0 saturated heterocycles. The lowest BCUT2D eigenvalue weighted by Crippen LogP contribution is -2.30. The van der Waals surface area contributed by atoms with Gasteiger partial charge in [0.2, 0.25) is 5.88 Å². The van der Waals surface area contributed by atoms with Gasteiger partial charge in [-0.3, -0.25) is 4.84 Å². The number of methoxy groups -OCH3 is 1. The van der Waals surface area contributed by atoms with E-state index >= 15 is 0 Å². The van der Waals surface area contributed by atoms with Crippen molar-refractivity contribution in [3.8, 4) is 11.6 Å². The second-order valence-corrected chi connectivity index (χ2v) is 7.41. The normalized spacial score (nSPS) is 10.4. The predicted molar refractivity (Wildman–Crippen MR) is 133 cm³/mol. The van der Waals surface area contributed by atoms with Crippen molar-refractivity contribution in [2.24, 2.45) is 0 Å². The van der Waals surface area contributed by atoms with Crippen molar-refractivity contribution < 1.29 is 29.0 Å². The number of hydrogen-bond acceptors (Lipinski definition) is 6. The molecule has 1 aromatic heterocycles. The number of benzene rings is 2. The molecule has 0 unspecified atom stereocenters. The minimum atomic E-state index is -0.863. The zero-order valence-electron chi connectivity index (χ0n) is 19.8. The van der Waals surface area contributed by atoms with Crippen LogP contribution in [0.1, 0.15) is 25.3 Å². The number of rotatable bonds is 9. The quantitative estimate of drug-likeness (QED) is 0.298. The van der Waals surface area contributed by atoms with Gasteiger partial charge in [-0.25, -0.2) is 14.3 Å². The topological polar surface area (TPSA) is 103 Å². The minimum absolute atomic E-state index is 0.199. The molecule has 9 nitrogen and oxygen atoms in total. The number of hydrogen-bond donors (Lipinski definition) is 1. The number of amides is 1. The number of carbonyl (C=O) groups excluding carboxylic acids is 1. The van der Waals surface area contributed by atoms with Crippen LogP contribution in [0.15, 0.2) is 72.9 Å². The maximum Gasteiger partial charge on any atom is 0.438 e. The highest BCUT2D eigenvalue weighted by molar-refractivity contribution is 6.30. The van der Waals surface area contributed by atoms with Gasteiger partial charge in [-0.15, -0.1) is 5.10 Å². The fourth-order valence-electron chi connectivity index (χ4n) is 2.81. The third-order valence-electron chi connectivity index (χ3n) is 4.48. The van der Waals surface area contributed by atoms with Crippen LogP contribution in [0.4, 0.5) is 10.5 Å². The van der Waals surface area contributed by atoms with Crippen molar-refractivity contribution in [3.63, 3.8) is 0 Å². The van der Waals surface area contributed by atoms with Gasteiger partial charge in [0.1, 0.15) is 6.61 Å². The first-order valence-corrected chi connectivity index (χ1v) is 11.1. The van der Waals surface area contributed by atoms with Gasteiger partial charge in [0.05, 0.1) is 25.6 Å². The summed E-state index contributed by atoms with van der Waals surface area (Å²) < 4.78 is 12.2. The molecule has 1 amide bonds. The molecular formula is C25H28ClN3O6.